The Bertz CT molecular complexity index is 554. The van der Waals surface area contributed by atoms with Crippen LogP contribution in [-0.4, -0.2) is 39.4 Å². The smallest absolute Gasteiger partial charge is 0.283 e. The SMILES string of the molecule is OC[C@@H]1CCCN1Cc1nnc(-c2ccc(Br)o2)o1. The van der Waals surface area contributed by atoms with Gasteiger partial charge in [0.1, 0.15) is 0 Å². The van der Waals surface area contributed by atoms with Crippen molar-refractivity contribution >= 4 is 15.9 Å². The van der Waals surface area contributed by atoms with Crippen molar-refractivity contribution in [2.75, 3.05) is 13.2 Å². The van der Waals surface area contributed by atoms with Gasteiger partial charge in [-0.3, -0.25) is 4.90 Å². The van der Waals surface area contributed by atoms with Crippen molar-refractivity contribution in [3.63, 3.8) is 0 Å². The van der Waals surface area contributed by atoms with Crippen molar-refractivity contribution in [2.45, 2.75) is 25.4 Å². The maximum atomic E-state index is 9.27. The van der Waals surface area contributed by atoms with Gasteiger partial charge in [0.15, 0.2) is 10.4 Å². The summed E-state index contributed by atoms with van der Waals surface area (Å²) in [5.41, 5.74) is 0. The molecule has 102 valence electrons. The van der Waals surface area contributed by atoms with Gasteiger partial charge >= 0.3 is 0 Å². The Morgan fingerprint density at radius 3 is 3.00 bits per heavy atom. The van der Waals surface area contributed by atoms with E-state index < -0.39 is 0 Å². The van der Waals surface area contributed by atoms with E-state index in [0.717, 1.165) is 19.4 Å². The van der Waals surface area contributed by atoms with Gasteiger partial charge in [0.05, 0.1) is 13.2 Å². The molecule has 0 aliphatic carbocycles. The number of halogens is 1. The molecular weight excluding hydrogens is 314 g/mol. The highest BCUT2D eigenvalue weighted by Gasteiger charge is 2.25. The Morgan fingerprint density at radius 1 is 1.37 bits per heavy atom. The highest BCUT2D eigenvalue weighted by molar-refractivity contribution is 9.10. The second-order valence-corrected chi connectivity index (χ2v) is 5.34. The van der Waals surface area contributed by atoms with Crippen LogP contribution in [0.25, 0.3) is 11.7 Å². The molecule has 1 aliphatic rings. The fourth-order valence-corrected chi connectivity index (χ4v) is 2.64. The summed E-state index contributed by atoms with van der Waals surface area (Å²) in [6.45, 7) is 1.70. The maximum Gasteiger partial charge on any atom is 0.283 e. The van der Waals surface area contributed by atoms with Gasteiger partial charge in [-0.1, -0.05) is 0 Å². The minimum Gasteiger partial charge on any atom is -0.444 e. The molecule has 1 N–H and O–H groups in total. The van der Waals surface area contributed by atoms with Gasteiger partial charge in [-0.05, 0) is 47.4 Å². The van der Waals surface area contributed by atoms with E-state index in [2.05, 4.69) is 31.0 Å². The highest BCUT2D eigenvalue weighted by Crippen LogP contribution is 2.25. The number of likely N-dealkylation sites (tertiary alicyclic amines) is 1. The molecule has 3 heterocycles. The number of hydrogen-bond donors (Lipinski definition) is 1. The average molecular weight is 328 g/mol. The molecule has 0 unspecified atom stereocenters. The molecule has 19 heavy (non-hydrogen) atoms. The van der Waals surface area contributed by atoms with Crippen molar-refractivity contribution in [3.05, 3.63) is 22.7 Å². The first-order valence-corrected chi connectivity index (χ1v) is 6.98. The Kier molecular flexibility index (Phi) is 3.67. The van der Waals surface area contributed by atoms with Crippen LogP contribution in [0.3, 0.4) is 0 Å². The largest absolute Gasteiger partial charge is 0.444 e. The van der Waals surface area contributed by atoms with Gasteiger partial charge in [0.2, 0.25) is 5.89 Å². The summed E-state index contributed by atoms with van der Waals surface area (Å²) < 4.78 is 11.6. The van der Waals surface area contributed by atoms with Crippen LogP contribution >= 0.6 is 15.9 Å². The lowest BCUT2D eigenvalue weighted by atomic mass is 10.2. The minimum absolute atomic E-state index is 0.173. The van der Waals surface area contributed by atoms with Gasteiger partial charge in [-0.15, -0.1) is 10.2 Å². The van der Waals surface area contributed by atoms with Crippen LogP contribution in [0, 0.1) is 0 Å². The second-order valence-electron chi connectivity index (χ2n) is 4.55. The third-order valence-corrected chi connectivity index (χ3v) is 3.73. The second kappa shape index (κ2) is 5.44. The number of aromatic nitrogens is 2. The molecule has 1 saturated heterocycles. The fourth-order valence-electron chi connectivity index (χ4n) is 2.33. The summed E-state index contributed by atoms with van der Waals surface area (Å²) in [5.74, 6) is 1.47. The Morgan fingerprint density at radius 2 is 2.26 bits per heavy atom. The predicted molar refractivity (Wildman–Crippen MR) is 70.2 cm³/mol. The molecule has 1 fully saturated rings. The number of furan rings is 1. The first kappa shape index (κ1) is 12.8. The molecule has 3 rings (SSSR count). The molecule has 6 nitrogen and oxygen atoms in total. The summed E-state index contributed by atoms with van der Waals surface area (Å²) in [6.07, 6.45) is 2.11. The first-order valence-electron chi connectivity index (χ1n) is 6.19. The number of rotatable bonds is 4. The topological polar surface area (TPSA) is 75.5 Å². The first-order chi connectivity index (χ1) is 9.26. The van der Waals surface area contributed by atoms with Crippen LogP contribution in [0.1, 0.15) is 18.7 Å². The van der Waals surface area contributed by atoms with Crippen molar-refractivity contribution in [1.29, 1.82) is 0 Å². The molecule has 7 heteroatoms. The summed E-state index contributed by atoms with van der Waals surface area (Å²) in [7, 11) is 0. The minimum atomic E-state index is 0.173. The summed E-state index contributed by atoms with van der Waals surface area (Å²) in [4.78, 5) is 2.16. The summed E-state index contributed by atoms with van der Waals surface area (Å²) >= 11 is 3.23. The van der Waals surface area contributed by atoms with Gasteiger partial charge in [-0.2, -0.15) is 0 Å². The molecule has 0 spiro atoms. The molecule has 0 radical (unpaired) electrons. The number of aliphatic hydroxyl groups is 1. The Hall–Kier alpha value is -1.18. The molecule has 1 atom stereocenters. The lowest BCUT2D eigenvalue weighted by molar-refractivity contribution is 0.144. The van der Waals surface area contributed by atoms with E-state index in [0.29, 0.717) is 28.8 Å². The van der Waals surface area contributed by atoms with Crippen LogP contribution in [0.15, 0.2) is 25.6 Å². The van der Waals surface area contributed by atoms with E-state index in [1.165, 1.54) is 0 Å². The molecule has 1 aliphatic heterocycles. The number of aliphatic hydroxyl groups excluding tert-OH is 1. The van der Waals surface area contributed by atoms with E-state index in [1.807, 2.05) is 0 Å². The predicted octanol–water partition coefficient (Wildman–Crippen LogP) is 2.05. The summed E-state index contributed by atoms with van der Waals surface area (Å²) in [6, 6.07) is 3.75. The summed E-state index contributed by atoms with van der Waals surface area (Å²) in [5, 5.41) is 17.3. The van der Waals surface area contributed by atoms with Crippen LogP contribution in [-0.2, 0) is 6.54 Å². The van der Waals surface area contributed by atoms with Gasteiger partial charge in [0.25, 0.3) is 5.89 Å². The zero-order valence-electron chi connectivity index (χ0n) is 10.3. The van der Waals surface area contributed by atoms with Crippen molar-refractivity contribution in [1.82, 2.24) is 15.1 Å². The molecule has 0 amide bonds. The average Bonchev–Trinajstić information content (AvgIpc) is 3.10. The number of hydrogen-bond acceptors (Lipinski definition) is 6. The van der Waals surface area contributed by atoms with E-state index >= 15 is 0 Å². The normalized spacial score (nSPS) is 20.2. The van der Waals surface area contributed by atoms with E-state index in [9.17, 15) is 5.11 Å². The standard InChI is InChI=1S/C12H14BrN3O3/c13-10-4-3-9(18-10)12-15-14-11(19-12)6-16-5-1-2-8(16)7-17/h3-4,8,17H,1-2,5-7H2/t8-/m0/s1. The third kappa shape index (κ3) is 2.72. The van der Waals surface area contributed by atoms with E-state index in [4.69, 9.17) is 8.83 Å². The van der Waals surface area contributed by atoms with E-state index in [-0.39, 0.29) is 12.6 Å². The quantitative estimate of drug-likeness (QED) is 0.926. The van der Waals surface area contributed by atoms with Crippen LogP contribution in [0.4, 0.5) is 0 Å². The zero-order valence-corrected chi connectivity index (χ0v) is 11.8. The lowest BCUT2D eigenvalue weighted by Gasteiger charge is -2.20. The zero-order chi connectivity index (χ0) is 13.2. The van der Waals surface area contributed by atoms with E-state index in [1.54, 1.807) is 12.1 Å². The number of nitrogens with zero attached hydrogens (tertiary/aromatic N) is 3. The third-order valence-electron chi connectivity index (χ3n) is 3.30. The van der Waals surface area contributed by atoms with Crippen molar-refractivity contribution in [3.8, 4) is 11.7 Å². The molecule has 2 aromatic rings. The molecular formula is C12H14BrN3O3. The maximum absolute atomic E-state index is 9.27. The van der Waals surface area contributed by atoms with Gasteiger partial charge in [0, 0.05) is 6.04 Å². The fraction of sp³-hybridized carbons (Fsp3) is 0.500. The highest BCUT2D eigenvalue weighted by atomic mass is 79.9. The Labute approximate surface area is 118 Å². The van der Waals surface area contributed by atoms with Crippen LogP contribution < -0.4 is 0 Å². The van der Waals surface area contributed by atoms with Gasteiger partial charge in [-0.25, -0.2) is 0 Å². The Balaban J connectivity index is 1.71. The monoisotopic (exact) mass is 327 g/mol. The van der Waals surface area contributed by atoms with Crippen molar-refractivity contribution < 1.29 is 13.9 Å². The van der Waals surface area contributed by atoms with Gasteiger partial charge < -0.3 is 13.9 Å². The van der Waals surface area contributed by atoms with Crippen LogP contribution in [0.5, 0.6) is 0 Å². The molecule has 0 aromatic carbocycles. The molecule has 2 aromatic heterocycles. The molecule has 0 saturated carbocycles. The lowest BCUT2D eigenvalue weighted by Crippen LogP contribution is -2.31. The van der Waals surface area contributed by atoms with Crippen LogP contribution in [0.2, 0.25) is 0 Å². The molecule has 0 bridgehead atoms. The van der Waals surface area contributed by atoms with Crippen molar-refractivity contribution in [2.24, 2.45) is 0 Å².